The normalized spacial score (nSPS) is 21.1. The number of aliphatic imine (C=N–C) groups is 1. The molecule has 0 radical (unpaired) electrons. The average molecular weight is 438 g/mol. The van der Waals surface area contributed by atoms with Gasteiger partial charge in [-0.25, -0.2) is 9.36 Å². The number of morpholine rings is 1. The Morgan fingerprint density at radius 1 is 1.06 bits per heavy atom. The Balaban J connectivity index is 1.48. The van der Waals surface area contributed by atoms with Crippen molar-refractivity contribution < 1.29 is 18.9 Å². The third-order valence-corrected chi connectivity index (χ3v) is 6.42. The zero-order valence-electron chi connectivity index (χ0n) is 19.0. The number of rotatable bonds is 4. The second-order valence-electron chi connectivity index (χ2n) is 8.82. The molecule has 2 fully saturated rings. The number of amidine groups is 1. The van der Waals surface area contributed by atoms with Crippen LogP contribution in [0.15, 0.2) is 29.4 Å². The van der Waals surface area contributed by atoms with Gasteiger partial charge in [0.1, 0.15) is 17.6 Å². The van der Waals surface area contributed by atoms with Crippen LogP contribution in [0.5, 0.6) is 0 Å². The molecule has 0 spiro atoms. The fraction of sp³-hybridized carbons (Fsp3) is 0.478. The van der Waals surface area contributed by atoms with Gasteiger partial charge in [-0.1, -0.05) is 11.1 Å². The molecule has 9 nitrogen and oxygen atoms in total. The van der Waals surface area contributed by atoms with Gasteiger partial charge in [0.05, 0.1) is 13.2 Å². The summed E-state index contributed by atoms with van der Waals surface area (Å²) in [4.78, 5) is 36.4. The summed E-state index contributed by atoms with van der Waals surface area (Å²) < 4.78 is 9.34. The number of fused-ring (bicyclic) bond motifs is 3. The van der Waals surface area contributed by atoms with Crippen LogP contribution in [0.3, 0.4) is 0 Å². The summed E-state index contributed by atoms with van der Waals surface area (Å²) in [6.45, 7) is 10.2. The fourth-order valence-corrected chi connectivity index (χ4v) is 4.86. The zero-order chi connectivity index (χ0) is 22.6. The Bertz CT molecular complexity index is 1110. The van der Waals surface area contributed by atoms with Crippen LogP contribution >= 0.6 is 0 Å². The number of carbonyl (C=O) groups is 2. The molecule has 2 aromatic rings. The highest BCUT2D eigenvalue weighted by molar-refractivity contribution is 6.19. The second-order valence-corrected chi connectivity index (χ2v) is 8.82. The summed E-state index contributed by atoms with van der Waals surface area (Å²) >= 11 is 0. The zero-order valence-corrected chi connectivity index (χ0v) is 19.0. The number of imide groups is 1. The molecule has 1 unspecified atom stereocenters. The number of aromatic nitrogens is 2. The average Bonchev–Trinajstić information content (AvgIpc) is 3.26. The molecule has 5 rings (SSSR count). The maximum absolute atomic E-state index is 13.5. The summed E-state index contributed by atoms with van der Waals surface area (Å²) in [5, 5.41) is 0. The lowest BCUT2D eigenvalue weighted by Gasteiger charge is -2.35. The number of urea groups is 1. The van der Waals surface area contributed by atoms with Gasteiger partial charge in [0.2, 0.25) is 11.9 Å². The minimum Gasteiger partial charge on any atom is -0.379 e. The summed E-state index contributed by atoms with van der Waals surface area (Å²) in [7, 11) is 1.70. The molecule has 1 atom stereocenters. The molecule has 3 aliphatic heterocycles. The van der Waals surface area contributed by atoms with Gasteiger partial charge in [0.25, 0.3) is 5.91 Å². The number of carbonyl (C=O) groups excluding carboxylic acids is 2. The molecule has 2 saturated heterocycles. The smallest absolute Gasteiger partial charge is 0.379 e. The minimum atomic E-state index is -0.622. The van der Waals surface area contributed by atoms with Crippen molar-refractivity contribution in [1.29, 1.82) is 0 Å². The fourth-order valence-electron chi connectivity index (χ4n) is 4.86. The van der Waals surface area contributed by atoms with Gasteiger partial charge < -0.3 is 4.74 Å². The molecular formula is C23H29N6O3+. The van der Waals surface area contributed by atoms with E-state index < -0.39 is 6.04 Å². The van der Waals surface area contributed by atoms with E-state index in [9.17, 15) is 9.59 Å². The van der Waals surface area contributed by atoms with E-state index in [-0.39, 0.29) is 11.9 Å². The molecular weight excluding hydrogens is 408 g/mol. The van der Waals surface area contributed by atoms with Crippen LogP contribution < -0.4 is 4.57 Å². The number of ether oxygens (including phenoxy) is 1. The van der Waals surface area contributed by atoms with Gasteiger partial charge in [-0.15, -0.1) is 0 Å². The standard InChI is InChI=1S/C23H29N6O3/c1-15-11-16(2)13-18(12-15)29-17(3)14-28-19-20(24-22(28)29)25(4)23(31)27(21(19)30)6-5-26-7-9-32-10-8-26/h11-14,19H,5-10H2,1-4H3/q+1. The molecule has 3 aliphatic rings. The number of nitrogens with zero attached hydrogens (tertiary/aromatic N) is 6. The third kappa shape index (κ3) is 3.32. The van der Waals surface area contributed by atoms with Gasteiger partial charge in [-0.3, -0.25) is 19.5 Å². The monoisotopic (exact) mass is 437 g/mol. The first kappa shape index (κ1) is 20.8. The van der Waals surface area contributed by atoms with Gasteiger partial charge >= 0.3 is 12.0 Å². The lowest BCUT2D eigenvalue weighted by atomic mass is 10.1. The predicted octanol–water partition coefficient (Wildman–Crippen LogP) is 1.50. The number of aryl methyl sites for hydroxylation is 3. The molecule has 9 heteroatoms. The molecule has 1 aromatic heterocycles. The largest absolute Gasteiger partial charge is 0.406 e. The van der Waals surface area contributed by atoms with Crippen LogP contribution in [0.1, 0.15) is 22.9 Å². The summed E-state index contributed by atoms with van der Waals surface area (Å²) in [6, 6.07) is 5.40. The number of hydrogen-bond acceptors (Lipinski definition) is 5. The van der Waals surface area contributed by atoms with Crippen molar-refractivity contribution in [3.05, 3.63) is 41.2 Å². The molecule has 0 bridgehead atoms. The summed E-state index contributed by atoms with van der Waals surface area (Å²) in [6.07, 6.45) is 1.95. The first-order valence-electron chi connectivity index (χ1n) is 11.0. The van der Waals surface area contributed by atoms with Gasteiger partial charge in [0, 0.05) is 33.2 Å². The molecule has 32 heavy (non-hydrogen) atoms. The molecule has 0 aliphatic carbocycles. The molecule has 168 valence electrons. The van der Waals surface area contributed by atoms with Crippen molar-refractivity contribution in [1.82, 2.24) is 19.3 Å². The topological polar surface area (TPSA) is 74.3 Å². The van der Waals surface area contributed by atoms with Crippen LogP contribution in [0.25, 0.3) is 5.69 Å². The van der Waals surface area contributed by atoms with Gasteiger partial charge in [-0.2, -0.15) is 4.57 Å². The predicted molar refractivity (Wildman–Crippen MR) is 118 cm³/mol. The van der Waals surface area contributed by atoms with Crippen molar-refractivity contribution >= 4 is 23.7 Å². The Kier molecular flexibility index (Phi) is 5.10. The minimum absolute atomic E-state index is 0.221. The highest BCUT2D eigenvalue weighted by Gasteiger charge is 2.53. The Morgan fingerprint density at radius 3 is 2.44 bits per heavy atom. The highest BCUT2D eigenvalue weighted by atomic mass is 16.5. The van der Waals surface area contributed by atoms with Crippen molar-refractivity contribution in [3.8, 4) is 5.69 Å². The van der Waals surface area contributed by atoms with E-state index in [2.05, 4.69) is 41.5 Å². The summed E-state index contributed by atoms with van der Waals surface area (Å²) in [5.41, 5.74) is 4.31. The maximum Gasteiger partial charge on any atom is 0.406 e. The van der Waals surface area contributed by atoms with E-state index in [1.165, 1.54) is 9.80 Å². The van der Waals surface area contributed by atoms with Crippen LogP contribution in [0.4, 0.5) is 10.7 Å². The Morgan fingerprint density at radius 2 is 1.75 bits per heavy atom. The van der Waals surface area contributed by atoms with Crippen molar-refractivity contribution in [2.75, 3.05) is 46.4 Å². The number of benzene rings is 1. The molecule has 4 heterocycles. The van der Waals surface area contributed by atoms with E-state index in [0.29, 0.717) is 38.1 Å². The summed E-state index contributed by atoms with van der Waals surface area (Å²) in [5.74, 6) is 0.924. The Hall–Kier alpha value is -3.04. The van der Waals surface area contributed by atoms with E-state index in [0.717, 1.165) is 35.6 Å². The Labute approximate surface area is 187 Å². The molecule has 1 aromatic carbocycles. The SMILES string of the molecule is Cc1cc(C)cc(-n2c(C)c[n+]3c2N=C2C3C(=O)N(CCN3CCOCC3)C(=O)N2C)c1. The number of hydrogen-bond donors (Lipinski definition) is 0. The van der Waals surface area contributed by atoms with E-state index in [1.54, 1.807) is 7.05 Å². The lowest BCUT2D eigenvalue weighted by Crippen LogP contribution is -2.63. The van der Waals surface area contributed by atoms with E-state index >= 15 is 0 Å². The second kappa shape index (κ2) is 7.83. The van der Waals surface area contributed by atoms with Crippen LogP contribution in [0, 0.1) is 20.8 Å². The lowest BCUT2D eigenvalue weighted by molar-refractivity contribution is -0.676. The highest BCUT2D eigenvalue weighted by Crippen LogP contribution is 2.31. The van der Waals surface area contributed by atoms with Crippen LogP contribution in [-0.2, 0) is 9.53 Å². The number of imidazole rings is 1. The van der Waals surface area contributed by atoms with Gasteiger partial charge in [-0.05, 0) is 44.0 Å². The van der Waals surface area contributed by atoms with Crippen molar-refractivity contribution in [2.24, 2.45) is 4.99 Å². The van der Waals surface area contributed by atoms with Crippen LogP contribution in [0.2, 0.25) is 0 Å². The third-order valence-electron chi connectivity index (χ3n) is 6.42. The molecule has 3 amide bonds. The van der Waals surface area contributed by atoms with Crippen molar-refractivity contribution in [3.63, 3.8) is 0 Å². The van der Waals surface area contributed by atoms with E-state index in [1.807, 2.05) is 17.7 Å². The quantitative estimate of drug-likeness (QED) is 0.680. The number of amides is 3. The molecule has 0 saturated carbocycles. The number of likely N-dealkylation sites (N-methyl/N-ethyl adjacent to an activating group) is 1. The van der Waals surface area contributed by atoms with Gasteiger partial charge in [0.15, 0.2) is 0 Å². The maximum atomic E-state index is 13.5. The van der Waals surface area contributed by atoms with Crippen molar-refractivity contribution in [2.45, 2.75) is 26.8 Å². The van der Waals surface area contributed by atoms with Crippen LogP contribution in [-0.4, -0.2) is 83.5 Å². The van der Waals surface area contributed by atoms with E-state index in [4.69, 9.17) is 9.73 Å². The molecule has 0 N–H and O–H groups in total. The first-order valence-corrected chi connectivity index (χ1v) is 11.0. The first-order chi connectivity index (χ1) is 15.3.